The number of rotatable bonds is 1. The zero-order chi connectivity index (χ0) is 13.6. The molecule has 3 aromatic rings. The maximum absolute atomic E-state index is 12.0. The van der Waals surface area contributed by atoms with Crippen LogP contribution in [0.1, 0.15) is 12.6 Å². The Balaban J connectivity index is 2.44. The maximum atomic E-state index is 12.0. The molecule has 0 aliphatic carbocycles. The molecular weight excluding hydrogens is 250 g/mol. The number of hydrogen-bond donors (Lipinski definition) is 1. The first-order chi connectivity index (χ1) is 9.15. The van der Waals surface area contributed by atoms with Gasteiger partial charge in [-0.05, 0) is 36.3 Å². The molecule has 3 rings (SSSR count). The molecule has 1 N–H and O–H groups in total. The van der Waals surface area contributed by atoms with Crippen LogP contribution in [-0.2, 0) is 4.74 Å². The summed E-state index contributed by atoms with van der Waals surface area (Å²) in [6, 6.07) is 3.34. The van der Waals surface area contributed by atoms with Gasteiger partial charge in [0.1, 0.15) is 11.3 Å². The minimum atomic E-state index is -0.569. The second kappa shape index (κ2) is 3.98. The molecule has 0 amide bonds. The number of aromatic hydroxyl groups is 1. The summed E-state index contributed by atoms with van der Waals surface area (Å²) in [6.07, 6.45) is -0.569. The van der Waals surface area contributed by atoms with Crippen molar-refractivity contribution in [3.05, 3.63) is 17.8 Å². The van der Waals surface area contributed by atoms with Crippen LogP contribution in [0.2, 0.25) is 0 Å². The van der Waals surface area contributed by atoms with E-state index in [4.69, 9.17) is 4.74 Å². The summed E-state index contributed by atoms with van der Waals surface area (Å²) in [5.74, 6) is 0.0213. The zero-order valence-electron chi connectivity index (χ0n) is 10.4. The number of carbonyl (C=O) groups is 1. The third kappa shape index (κ3) is 1.48. The first kappa shape index (κ1) is 11.5. The normalized spacial score (nSPS) is 11.3. The van der Waals surface area contributed by atoms with Crippen molar-refractivity contribution in [2.45, 2.75) is 13.8 Å². The van der Waals surface area contributed by atoms with Crippen molar-refractivity contribution < 1.29 is 19.3 Å². The molecule has 2 heterocycles. The third-order valence-electron chi connectivity index (χ3n) is 3.01. The van der Waals surface area contributed by atoms with E-state index in [1.807, 2.05) is 0 Å². The van der Waals surface area contributed by atoms with Crippen molar-refractivity contribution in [2.75, 3.05) is 6.61 Å². The lowest BCUT2D eigenvalue weighted by Gasteiger charge is -2.05. The molecule has 0 unspecified atom stereocenters. The predicted octanol–water partition coefficient (Wildman–Crippen LogP) is 2.20. The SMILES string of the molecule is CCOC(=O)n1c(C)c(O)c2ccc3nonc3c21. The fourth-order valence-electron chi connectivity index (χ4n) is 2.14. The molecule has 2 aromatic heterocycles. The largest absolute Gasteiger partial charge is 0.505 e. The van der Waals surface area contributed by atoms with Gasteiger partial charge in [-0.15, -0.1) is 0 Å². The van der Waals surface area contributed by atoms with Gasteiger partial charge in [0, 0.05) is 5.39 Å². The van der Waals surface area contributed by atoms with Crippen molar-refractivity contribution in [1.29, 1.82) is 0 Å². The Kier molecular flexibility index (Phi) is 2.41. The average molecular weight is 261 g/mol. The summed E-state index contributed by atoms with van der Waals surface area (Å²) < 4.78 is 10.9. The number of aromatic nitrogens is 3. The van der Waals surface area contributed by atoms with Crippen molar-refractivity contribution in [2.24, 2.45) is 0 Å². The van der Waals surface area contributed by atoms with E-state index in [1.54, 1.807) is 26.0 Å². The minimum Gasteiger partial charge on any atom is -0.505 e. The van der Waals surface area contributed by atoms with Crippen LogP contribution in [0.15, 0.2) is 16.8 Å². The molecule has 0 aliphatic rings. The Labute approximate surface area is 107 Å². The smallest absolute Gasteiger partial charge is 0.418 e. The summed E-state index contributed by atoms with van der Waals surface area (Å²) in [5, 5.41) is 18.1. The van der Waals surface area contributed by atoms with Gasteiger partial charge in [0.05, 0.1) is 17.8 Å². The molecule has 7 nitrogen and oxygen atoms in total. The zero-order valence-corrected chi connectivity index (χ0v) is 10.4. The van der Waals surface area contributed by atoms with Gasteiger partial charge in [-0.3, -0.25) is 0 Å². The van der Waals surface area contributed by atoms with Crippen LogP contribution in [0.4, 0.5) is 4.79 Å². The van der Waals surface area contributed by atoms with Crippen LogP contribution < -0.4 is 0 Å². The fraction of sp³-hybridized carbons (Fsp3) is 0.250. The lowest BCUT2D eigenvalue weighted by atomic mass is 10.2. The van der Waals surface area contributed by atoms with E-state index in [2.05, 4.69) is 14.9 Å². The first-order valence-corrected chi connectivity index (χ1v) is 5.77. The second-order valence-electron chi connectivity index (χ2n) is 4.06. The van der Waals surface area contributed by atoms with E-state index >= 15 is 0 Å². The molecule has 0 bridgehead atoms. The minimum absolute atomic E-state index is 0.0213. The summed E-state index contributed by atoms with van der Waals surface area (Å²) >= 11 is 0. The quantitative estimate of drug-likeness (QED) is 0.722. The lowest BCUT2D eigenvalue weighted by Crippen LogP contribution is -2.14. The molecular formula is C12H11N3O4. The maximum Gasteiger partial charge on any atom is 0.418 e. The molecule has 0 aliphatic heterocycles. The topological polar surface area (TPSA) is 90.4 Å². The van der Waals surface area contributed by atoms with Crippen molar-refractivity contribution in [3.63, 3.8) is 0 Å². The fourth-order valence-corrected chi connectivity index (χ4v) is 2.14. The predicted molar refractivity (Wildman–Crippen MR) is 66.1 cm³/mol. The van der Waals surface area contributed by atoms with Crippen LogP contribution in [0.25, 0.3) is 21.9 Å². The molecule has 1 aromatic carbocycles. The van der Waals surface area contributed by atoms with Gasteiger partial charge in [0.25, 0.3) is 0 Å². The Morgan fingerprint density at radius 3 is 3.00 bits per heavy atom. The van der Waals surface area contributed by atoms with E-state index in [1.165, 1.54) is 4.57 Å². The van der Waals surface area contributed by atoms with Gasteiger partial charge < -0.3 is 9.84 Å². The Hall–Kier alpha value is -2.57. The van der Waals surface area contributed by atoms with Gasteiger partial charge in [0.15, 0.2) is 5.52 Å². The Bertz CT molecular complexity index is 787. The molecule has 0 fully saturated rings. The third-order valence-corrected chi connectivity index (χ3v) is 3.01. The van der Waals surface area contributed by atoms with E-state index in [0.29, 0.717) is 27.6 Å². The van der Waals surface area contributed by atoms with Gasteiger partial charge in [0.2, 0.25) is 0 Å². The summed E-state index contributed by atoms with van der Waals surface area (Å²) in [7, 11) is 0. The van der Waals surface area contributed by atoms with Crippen LogP contribution >= 0.6 is 0 Å². The highest BCUT2D eigenvalue weighted by molar-refractivity contribution is 6.08. The second-order valence-corrected chi connectivity index (χ2v) is 4.06. The number of ether oxygens (including phenoxy) is 1. The number of nitrogens with zero attached hydrogens (tertiary/aromatic N) is 3. The molecule has 0 saturated heterocycles. The Morgan fingerprint density at radius 1 is 1.47 bits per heavy atom. The van der Waals surface area contributed by atoms with Crippen LogP contribution in [0, 0.1) is 6.92 Å². The molecule has 7 heteroatoms. The molecule has 0 spiro atoms. The van der Waals surface area contributed by atoms with Gasteiger partial charge in [-0.1, -0.05) is 0 Å². The molecule has 0 radical (unpaired) electrons. The van der Waals surface area contributed by atoms with Gasteiger partial charge in [-0.25, -0.2) is 14.0 Å². The van der Waals surface area contributed by atoms with Crippen LogP contribution in [0.5, 0.6) is 5.75 Å². The van der Waals surface area contributed by atoms with Crippen molar-refractivity contribution in [3.8, 4) is 5.75 Å². The first-order valence-electron chi connectivity index (χ1n) is 5.77. The number of benzene rings is 1. The average Bonchev–Trinajstić information content (AvgIpc) is 2.94. The molecule has 0 atom stereocenters. The van der Waals surface area contributed by atoms with E-state index in [0.717, 1.165) is 0 Å². The van der Waals surface area contributed by atoms with E-state index in [9.17, 15) is 9.90 Å². The monoisotopic (exact) mass is 261 g/mol. The van der Waals surface area contributed by atoms with Gasteiger partial charge >= 0.3 is 6.09 Å². The molecule has 19 heavy (non-hydrogen) atoms. The summed E-state index contributed by atoms with van der Waals surface area (Å²) in [4.78, 5) is 12.0. The summed E-state index contributed by atoms with van der Waals surface area (Å²) in [5.41, 5.74) is 1.75. The Morgan fingerprint density at radius 2 is 2.26 bits per heavy atom. The van der Waals surface area contributed by atoms with Crippen LogP contribution in [-0.4, -0.2) is 32.7 Å². The number of fused-ring (bicyclic) bond motifs is 3. The van der Waals surface area contributed by atoms with Crippen LogP contribution in [0.3, 0.4) is 0 Å². The summed E-state index contributed by atoms with van der Waals surface area (Å²) in [6.45, 7) is 3.59. The molecule has 0 saturated carbocycles. The highest BCUT2D eigenvalue weighted by atomic mass is 16.6. The van der Waals surface area contributed by atoms with Gasteiger partial charge in [-0.2, -0.15) is 0 Å². The van der Waals surface area contributed by atoms with Crippen molar-refractivity contribution >= 4 is 28.0 Å². The van der Waals surface area contributed by atoms with E-state index in [-0.39, 0.29) is 12.4 Å². The lowest BCUT2D eigenvalue weighted by molar-refractivity contribution is 0.154. The number of carbonyl (C=O) groups excluding carboxylic acids is 1. The van der Waals surface area contributed by atoms with Crippen molar-refractivity contribution in [1.82, 2.24) is 14.9 Å². The standard InChI is InChI=1S/C12H11N3O4/c1-3-18-12(17)15-6(2)11(16)7-4-5-8-9(10(7)15)14-19-13-8/h4-5,16H,3H2,1-2H3. The highest BCUT2D eigenvalue weighted by Crippen LogP contribution is 2.35. The molecule has 98 valence electrons. The van der Waals surface area contributed by atoms with E-state index < -0.39 is 6.09 Å². The number of hydrogen-bond acceptors (Lipinski definition) is 6. The highest BCUT2D eigenvalue weighted by Gasteiger charge is 2.22.